The first kappa shape index (κ1) is 16.7. The summed E-state index contributed by atoms with van der Waals surface area (Å²) < 4.78 is 7.47. The normalized spacial score (nSPS) is 10.3. The second kappa shape index (κ2) is 8.73. The Morgan fingerprint density at radius 3 is 2.96 bits per heavy atom. The molecule has 0 saturated heterocycles. The molecule has 6 heteroatoms. The Balaban J connectivity index is 1.60. The number of Topliss-reactive ketones (excluding diaryl/α,β-unsaturated/α-hetero) is 1. The third-order valence-corrected chi connectivity index (χ3v) is 3.31. The predicted molar refractivity (Wildman–Crippen MR) is 86.4 cm³/mol. The lowest BCUT2D eigenvalue weighted by Crippen LogP contribution is -2.27. The SMILES string of the molecule is CC(=O)c1cccc(OCCCC(=O)NCCn2ccnc2)c1. The van der Waals surface area contributed by atoms with Gasteiger partial charge in [-0.2, -0.15) is 0 Å². The average molecular weight is 315 g/mol. The number of carbonyl (C=O) groups excluding carboxylic acids is 2. The molecule has 0 atom stereocenters. The van der Waals surface area contributed by atoms with Crippen molar-refractivity contribution in [1.29, 1.82) is 0 Å². The van der Waals surface area contributed by atoms with E-state index in [9.17, 15) is 9.59 Å². The minimum atomic E-state index is 0.00574. The lowest BCUT2D eigenvalue weighted by atomic mass is 10.1. The van der Waals surface area contributed by atoms with Gasteiger partial charge < -0.3 is 14.6 Å². The van der Waals surface area contributed by atoms with E-state index in [0.717, 1.165) is 0 Å². The van der Waals surface area contributed by atoms with Gasteiger partial charge in [0.25, 0.3) is 0 Å². The molecule has 122 valence electrons. The molecule has 0 spiro atoms. The number of ether oxygens (including phenoxy) is 1. The molecule has 1 heterocycles. The Hall–Kier alpha value is -2.63. The maximum atomic E-state index is 11.7. The number of hydrogen-bond acceptors (Lipinski definition) is 4. The van der Waals surface area contributed by atoms with Crippen molar-refractivity contribution < 1.29 is 14.3 Å². The predicted octanol–water partition coefficient (Wildman–Crippen LogP) is 2.06. The summed E-state index contributed by atoms with van der Waals surface area (Å²) in [5.41, 5.74) is 0.625. The number of hydrogen-bond donors (Lipinski definition) is 1. The zero-order valence-corrected chi connectivity index (χ0v) is 13.2. The van der Waals surface area contributed by atoms with Crippen molar-refractivity contribution in [2.75, 3.05) is 13.2 Å². The molecule has 0 fully saturated rings. The number of aromatic nitrogens is 2. The van der Waals surface area contributed by atoms with Gasteiger partial charge in [0.15, 0.2) is 5.78 Å². The quantitative estimate of drug-likeness (QED) is 0.568. The number of carbonyl (C=O) groups is 2. The zero-order valence-electron chi connectivity index (χ0n) is 13.2. The number of nitrogens with one attached hydrogen (secondary N) is 1. The number of rotatable bonds is 9. The molecule has 23 heavy (non-hydrogen) atoms. The molecule has 0 aliphatic rings. The lowest BCUT2D eigenvalue weighted by Gasteiger charge is -2.08. The molecule has 0 bridgehead atoms. The van der Waals surface area contributed by atoms with Gasteiger partial charge in [0.2, 0.25) is 5.91 Å². The van der Waals surface area contributed by atoms with E-state index >= 15 is 0 Å². The third-order valence-electron chi connectivity index (χ3n) is 3.31. The van der Waals surface area contributed by atoms with Crippen LogP contribution in [0.4, 0.5) is 0 Å². The fourth-order valence-electron chi connectivity index (χ4n) is 2.06. The summed E-state index contributed by atoms with van der Waals surface area (Å²) in [5.74, 6) is 0.664. The van der Waals surface area contributed by atoms with Crippen LogP contribution in [0.25, 0.3) is 0 Å². The van der Waals surface area contributed by atoms with Crippen LogP contribution in [-0.2, 0) is 11.3 Å². The monoisotopic (exact) mass is 315 g/mol. The maximum Gasteiger partial charge on any atom is 0.220 e. The molecular weight excluding hydrogens is 294 g/mol. The smallest absolute Gasteiger partial charge is 0.220 e. The molecule has 2 rings (SSSR count). The van der Waals surface area contributed by atoms with Gasteiger partial charge in [-0.05, 0) is 25.5 Å². The van der Waals surface area contributed by atoms with Crippen molar-refractivity contribution in [1.82, 2.24) is 14.9 Å². The second-order valence-corrected chi connectivity index (χ2v) is 5.19. The molecule has 1 aromatic heterocycles. The van der Waals surface area contributed by atoms with E-state index in [-0.39, 0.29) is 11.7 Å². The summed E-state index contributed by atoms with van der Waals surface area (Å²) in [4.78, 5) is 26.9. The van der Waals surface area contributed by atoms with E-state index in [1.54, 1.807) is 36.8 Å². The first-order valence-electron chi connectivity index (χ1n) is 7.61. The minimum Gasteiger partial charge on any atom is -0.494 e. The van der Waals surface area contributed by atoms with Gasteiger partial charge in [-0.3, -0.25) is 9.59 Å². The van der Waals surface area contributed by atoms with Crippen LogP contribution in [0, 0.1) is 0 Å². The summed E-state index contributed by atoms with van der Waals surface area (Å²) >= 11 is 0. The number of amides is 1. The van der Waals surface area contributed by atoms with Gasteiger partial charge in [-0.25, -0.2) is 4.98 Å². The van der Waals surface area contributed by atoms with Crippen molar-refractivity contribution >= 4 is 11.7 Å². The van der Waals surface area contributed by atoms with Crippen LogP contribution in [0.5, 0.6) is 5.75 Å². The summed E-state index contributed by atoms with van der Waals surface area (Å²) in [6, 6.07) is 7.06. The van der Waals surface area contributed by atoms with Gasteiger partial charge >= 0.3 is 0 Å². The van der Waals surface area contributed by atoms with Crippen LogP contribution in [0.15, 0.2) is 43.0 Å². The molecule has 0 saturated carbocycles. The van der Waals surface area contributed by atoms with Crippen molar-refractivity contribution in [2.45, 2.75) is 26.3 Å². The number of ketones is 1. The number of imidazole rings is 1. The summed E-state index contributed by atoms with van der Waals surface area (Å²) in [6.45, 7) is 3.25. The van der Waals surface area contributed by atoms with Gasteiger partial charge in [0.1, 0.15) is 5.75 Å². The molecule has 0 radical (unpaired) electrons. The Kier molecular flexibility index (Phi) is 6.35. The number of benzene rings is 1. The molecule has 0 unspecified atom stereocenters. The van der Waals surface area contributed by atoms with Crippen LogP contribution in [0.1, 0.15) is 30.1 Å². The van der Waals surface area contributed by atoms with E-state index < -0.39 is 0 Å². The molecule has 1 N–H and O–H groups in total. The highest BCUT2D eigenvalue weighted by Gasteiger charge is 2.03. The van der Waals surface area contributed by atoms with Crippen molar-refractivity contribution in [3.8, 4) is 5.75 Å². The van der Waals surface area contributed by atoms with E-state index in [1.807, 2.05) is 10.8 Å². The third kappa shape index (κ3) is 5.94. The van der Waals surface area contributed by atoms with Gasteiger partial charge in [0, 0.05) is 37.5 Å². The Labute approximate surface area is 135 Å². The summed E-state index contributed by atoms with van der Waals surface area (Å²) in [5, 5.41) is 2.86. The fourth-order valence-corrected chi connectivity index (χ4v) is 2.06. The van der Waals surface area contributed by atoms with Crippen LogP contribution in [-0.4, -0.2) is 34.4 Å². The van der Waals surface area contributed by atoms with E-state index in [4.69, 9.17) is 4.74 Å². The Morgan fingerprint density at radius 1 is 1.35 bits per heavy atom. The van der Waals surface area contributed by atoms with Crippen LogP contribution in [0.3, 0.4) is 0 Å². The summed E-state index contributed by atoms with van der Waals surface area (Å²) in [7, 11) is 0. The maximum absolute atomic E-state index is 11.7. The Morgan fingerprint density at radius 2 is 2.22 bits per heavy atom. The Bertz CT molecular complexity index is 638. The van der Waals surface area contributed by atoms with E-state index in [2.05, 4.69) is 10.3 Å². The first-order chi connectivity index (χ1) is 11.1. The van der Waals surface area contributed by atoms with Crippen molar-refractivity contribution in [3.63, 3.8) is 0 Å². The van der Waals surface area contributed by atoms with Crippen LogP contribution < -0.4 is 10.1 Å². The van der Waals surface area contributed by atoms with Crippen molar-refractivity contribution in [2.24, 2.45) is 0 Å². The first-order valence-corrected chi connectivity index (χ1v) is 7.61. The lowest BCUT2D eigenvalue weighted by molar-refractivity contribution is -0.121. The number of nitrogens with zero attached hydrogens (tertiary/aromatic N) is 2. The molecule has 1 amide bonds. The van der Waals surface area contributed by atoms with Gasteiger partial charge in [-0.15, -0.1) is 0 Å². The fraction of sp³-hybridized carbons (Fsp3) is 0.353. The highest BCUT2D eigenvalue weighted by Crippen LogP contribution is 2.14. The molecule has 0 aliphatic carbocycles. The molecular formula is C17H21N3O3. The van der Waals surface area contributed by atoms with E-state index in [1.165, 1.54) is 6.92 Å². The van der Waals surface area contributed by atoms with E-state index in [0.29, 0.717) is 43.9 Å². The molecule has 2 aromatic rings. The summed E-state index contributed by atoms with van der Waals surface area (Å²) in [6.07, 6.45) is 6.32. The molecule has 6 nitrogen and oxygen atoms in total. The van der Waals surface area contributed by atoms with Crippen LogP contribution >= 0.6 is 0 Å². The zero-order chi connectivity index (χ0) is 16.5. The average Bonchev–Trinajstić information content (AvgIpc) is 3.05. The standard InChI is InChI=1S/C17H21N3O3/c1-14(21)15-4-2-5-16(12-15)23-11-3-6-17(22)19-8-10-20-9-7-18-13-20/h2,4-5,7,9,12-13H,3,6,8,10-11H2,1H3,(H,19,22). The molecule has 0 aliphatic heterocycles. The van der Waals surface area contributed by atoms with Crippen molar-refractivity contribution in [3.05, 3.63) is 48.5 Å². The topological polar surface area (TPSA) is 73.2 Å². The highest BCUT2D eigenvalue weighted by molar-refractivity contribution is 5.94. The van der Waals surface area contributed by atoms with Gasteiger partial charge in [-0.1, -0.05) is 12.1 Å². The minimum absolute atomic E-state index is 0.00574. The van der Waals surface area contributed by atoms with Gasteiger partial charge in [0.05, 0.1) is 12.9 Å². The largest absolute Gasteiger partial charge is 0.494 e. The van der Waals surface area contributed by atoms with Crippen LogP contribution in [0.2, 0.25) is 0 Å². The molecule has 1 aromatic carbocycles. The second-order valence-electron chi connectivity index (χ2n) is 5.19. The highest BCUT2D eigenvalue weighted by atomic mass is 16.5.